The van der Waals surface area contributed by atoms with E-state index in [1.54, 1.807) is 24.3 Å². The van der Waals surface area contributed by atoms with Gasteiger partial charge < -0.3 is 19.5 Å². The Morgan fingerprint density at radius 1 is 1.17 bits per heavy atom. The largest absolute Gasteiger partial charge is 0.486 e. The highest BCUT2D eigenvalue weighted by Crippen LogP contribution is 2.38. The van der Waals surface area contributed by atoms with Crippen LogP contribution in [-0.4, -0.2) is 37.7 Å². The Labute approximate surface area is 172 Å². The summed E-state index contributed by atoms with van der Waals surface area (Å²) in [5.74, 6) is -0.320. The molecule has 1 atom stereocenters. The van der Waals surface area contributed by atoms with E-state index in [2.05, 4.69) is 5.32 Å². The van der Waals surface area contributed by atoms with Crippen LogP contribution in [-0.2, 0) is 27.2 Å². The molecule has 0 bridgehead atoms. The van der Waals surface area contributed by atoms with Crippen molar-refractivity contribution in [1.82, 2.24) is 5.32 Å². The first kappa shape index (κ1) is 20.9. The van der Waals surface area contributed by atoms with Crippen LogP contribution in [0.1, 0.15) is 18.1 Å². The fraction of sp³-hybridized carbons (Fsp3) is 0.333. The van der Waals surface area contributed by atoms with Gasteiger partial charge in [-0.3, -0.25) is 9.59 Å². The zero-order valence-electron chi connectivity index (χ0n) is 15.9. The molecule has 1 N–H and O–H groups in total. The van der Waals surface area contributed by atoms with Crippen molar-refractivity contribution >= 4 is 23.5 Å². The molecule has 0 spiro atoms. The maximum atomic E-state index is 12.9. The van der Waals surface area contributed by atoms with E-state index in [0.29, 0.717) is 48.3 Å². The molecule has 0 saturated carbocycles. The fourth-order valence-electron chi connectivity index (χ4n) is 2.85. The summed E-state index contributed by atoms with van der Waals surface area (Å²) in [7, 11) is 0. The zero-order chi connectivity index (χ0) is 20.8. The van der Waals surface area contributed by atoms with Gasteiger partial charge in [-0.15, -0.1) is 0 Å². The Morgan fingerprint density at radius 3 is 2.66 bits per heavy atom. The summed E-state index contributed by atoms with van der Waals surface area (Å²) >= 11 is 6.16. The maximum absolute atomic E-state index is 12.9. The molecule has 1 heterocycles. The number of nitrogens with one attached hydrogen (secondary N) is 1. The Bertz CT molecular complexity index is 887. The van der Waals surface area contributed by atoms with Crippen LogP contribution in [0.5, 0.6) is 11.5 Å². The number of carbonyl (C=O) groups is 2. The summed E-state index contributed by atoms with van der Waals surface area (Å²) < 4.78 is 29.0. The number of hydrogen-bond donors (Lipinski definition) is 1. The van der Waals surface area contributed by atoms with Gasteiger partial charge in [-0.1, -0.05) is 23.7 Å². The van der Waals surface area contributed by atoms with E-state index in [0.717, 1.165) is 5.56 Å². The Kier molecular flexibility index (Phi) is 6.93. The second-order valence-electron chi connectivity index (χ2n) is 6.58. The summed E-state index contributed by atoms with van der Waals surface area (Å²) in [5.41, 5.74) is 1.50. The summed E-state index contributed by atoms with van der Waals surface area (Å²) in [5, 5.41) is 3.06. The van der Waals surface area contributed by atoms with Crippen molar-refractivity contribution < 1.29 is 28.2 Å². The highest BCUT2D eigenvalue weighted by Gasteiger charge is 2.20. The number of benzene rings is 2. The first-order valence-electron chi connectivity index (χ1n) is 9.22. The molecule has 29 heavy (non-hydrogen) atoms. The third-order valence-corrected chi connectivity index (χ3v) is 4.59. The molecule has 2 aromatic rings. The van der Waals surface area contributed by atoms with Crippen LogP contribution in [0.2, 0.25) is 5.02 Å². The van der Waals surface area contributed by atoms with Crippen LogP contribution in [0.3, 0.4) is 0 Å². The molecule has 6 nitrogen and oxygen atoms in total. The molecule has 1 unspecified atom stereocenters. The lowest BCUT2D eigenvalue weighted by Crippen LogP contribution is -2.37. The number of rotatable bonds is 7. The van der Waals surface area contributed by atoms with Gasteiger partial charge in [-0.25, -0.2) is 4.39 Å². The van der Waals surface area contributed by atoms with Crippen molar-refractivity contribution in [3.05, 3.63) is 58.4 Å². The molecule has 0 saturated heterocycles. The van der Waals surface area contributed by atoms with Gasteiger partial charge in [0.15, 0.2) is 17.6 Å². The number of fused-ring (bicyclic) bond motifs is 1. The van der Waals surface area contributed by atoms with E-state index in [1.807, 2.05) is 0 Å². The van der Waals surface area contributed by atoms with Gasteiger partial charge in [0.25, 0.3) is 5.91 Å². The molecule has 154 valence electrons. The molecule has 1 aliphatic heterocycles. The van der Waals surface area contributed by atoms with Gasteiger partial charge in [0.2, 0.25) is 0 Å². The molecular formula is C21H21ClFNO5. The smallest absolute Gasteiger partial charge is 0.311 e. The summed E-state index contributed by atoms with van der Waals surface area (Å²) in [6.45, 7) is 2.68. The van der Waals surface area contributed by atoms with Crippen LogP contribution in [0.25, 0.3) is 0 Å². The number of hydrogen-bond acceptors (Lipinski definition) is 5. The van der Waals surface area contributed by atoms with Crippen molar-refractivity contribution in [2.24, 2.45) is 0 Å². The molecule has 8 heteroatoms. The lowest BCUT2D eigenvalue weighted by molar-refractivity contribution is -0.154. The van der Waals surface area contributed by atoms with Crippen molar-refractivity contribution in [2.45, 2.75) is 25.9 Å². The highest BCUT2D eigenvalue weighted by atomic mass is 35.5. The average Bonchev–Trinajstić information content (AvgIpc) is 2.69. The summed E-state index contributed by atoms with van der Waals surface area (Å²) in [6.07, 6.45) is -0.449. The lowest BCUT2D eigenvalue weighted by Gasteiger charge is -2.20. The predicted molar refractivity (Wildman–Crippen MR) is 105 cm³/mol. The third kappa shape index (κ3) is 5.84. The molecule has 0 fully saturated rings. The van der Waals surface area contributed by atoms with E-state index in [1.165, 1.54) is 19.1 Å². The first-order chi connectivity index (χ1) is 13.9. The number of esters is 1. The number of halogens is 2. The second-order valence-corrected chi connectivity index (χ2v) is 6.99. The van der Waals surface area contributed by atoms with Crippen LogP contribution in [0.4, 0.5) is 4.39 Å². The predicted octanol–water partition coefficient (Wildman–Crippen LogP) is 3.08. The third-order valence-electron chi connectivity index (χ3n) is 4.31. The first-order valence-corrected chi connectivity index (χ1v) is 9.60. The van der Waals surface area contributed by atoms with Gasteiger partial charge in [0.1, 0.15) is 19.0 Å². The Balaban J connectivity index is 1.46. The van der Waals surface area contributed by atoms with E-state index < -0.39 is 18.0 Å². The van der Waals surface area contributed by atoms with E-state index in [4.69, 9.17) is 25.8 Å². The summed E-state index contributed by atoms with van der Waals surface area (Å²) in [6, 6.07) is 9.34. The van der Waals surface area contributed by atoms with Crippen LogP contribution >= 0.6 is 11.6 Å². The van der Waals surface area contributed by atoms with Crippen LogP contribution in [0, 0.1) is 5.82 Å². The quantitative estimate of drug-likeness (QED) is 0.695. The Hall–Kier alpha value is -2.80. The molecule has 1 aliphatic rings. The Morgan fingerprint density at radius 2 is 1.90 bits per heavy atom. The molecule has 2 aromatic carbocycles. The average molecular weight is 422 g/mol. The lowest BCUT2D eigenvalue weighted by atomic mass is 10.1. The number of carbonyl (C=O) groups excluding carboxylic acids is 2. The van der Waals surface area contributed by atoms with Crippen molar-refractivity contribution in [2.75, 3.05) is 19.8 Å². The fourth-order valence-corrected chi connectivity index (χ4v) is 3.14. The number of amides is 1. The molecule has 0 aliphatic carbocycles. The van der Waals surface area contributed by atoms with E-state index in [-0.39, 0.29) is 12.2 Å². The van der Waals surface area contributed by atoms with Gasteiger partial charge in [0.05, 0.1) is 11.4 Å². The van der Waals surface area contributed by atoms with E-state index in [9.17, 15) is 14.0 Å². The number of ether oxygens (including phenoxy) is 3. The SMILES string of the molecule is CC(OC(=O)Cc1cc(Cl)c2c(c1)OCCO2)C(=O)NCCc1ccc(F)cc1. The van der Waals surface area contributed by atoms with E-state index >= 15 is 0 Å². The second kappa shape index (κ2) is 9.60. The molecule has 0 radical (unpaired) electrons. The molecule has 1 amide bonds. The normalized spacial score (nSPS) is 13.5. The van der Waals surface area contributed by atoms with Crippen molar-refractivity contribution in [1.29, 1.82) is 0 Å². The minimum Gasteiger partial charge on any atom is -0.486 e. The van der Waals surface area contributed by atoms with Gasteiger partial charge >= 0.3 is 5.97 Å². The van der Waals surface area contributed by atoms with Gasteiger partial charge in [-0.2, -0.15) is 0 Å². The topological polar surface area (TPSA) is 73.9 Å². The van der Waals surface area contributed by atoms with Crippen LogP contribution in [0.15, 0.2) is 36.4 Å². The monoisotopic (exact) mass is 421 g/mol. The molecule has 0 aromatic heterocycles. The standard InChI is InChI=1S/C21H21ClFNO5/c1-13(21(26)24-7-6-14-2-4-16(23)5-3-14)29-19(25)12-15-10-17(22)20-18(11-15)27-8-9-28-20/h2-5,10-11,13H,6-9,12H2,1H3,(H,24,26). The molecular weight excluding hydrogens is 401 g/mol. The van der Waals surface area contributed by atoms with Crippen LogP contribution < -0.4 is 14.8 Å². The highest BCUT2D eigenvalue weighted by molar-refractivity contribution is 6.32. The van der Waals surface area contributed by atoms with Crippen molar-refractivity contribution in [3.63, 3.8) is 0 Å². The minimum atomic E-state index is -0.941. The summed E-state index contributed by atoms with van der Waals surface area (Å²) in [4.78, 5) is 24.3. The minimum absolute atomic E-state index is 0.0520. The van der Waals surface area contributed by atoms with Crippen molar-refractivity contribution in [3.8, 4) is 11.5 Å². The maximum Gasteiger partial charge on any atom is 0.311 e. The van der Waals surface area contributed by atoms with Gasteiger partial charge in [0, 0.05) is 6.54 Å². The zero-order valence-corrected chi connectivity index (χ0v) is 16.6. The molecule has 3 rings (SSSR count). The van der Waals surface area contributed by atoms with Gasteiger partial charge in [-0.05, 0) is 48.7 Å².